The Bertz CT molecular complexity index is 796. The molecule has 0 bridgehead atoms. The van der Waals surface area contributed by atoms with E-state index in [0.29, 0.717) is 6.54 Å². The molecule has 2 aromatic carbocycles. The number of amides is 2. The lowest BCUT2D eigenvalue weighted by Gasteiger charge is -2.32. The topological polar surface area (TPSA) is 61.4 Å². The van der Waals surface area contributed by atoms with Crippen LogP contribution in [0, 0.1) is 13.8 Å². The highest BCUT2D eigenvalue weighted by Crippen LogP contribution is 2.14. The van der Waals surface area contributed by atoms with E-state index in [0.717, 1.165) is 48.3 Å². The van der Waals surface area contributed by atoms with Crippen molar-refractivity contribution in [3.63, 3.8) is 0 Å². The molecule has 3 rings (SSSR count). The van der Waals surface area contributed by atoms with Gasteiger partial charge in [0.05, 0.1) is 6.54 Å². The fraction of sp³-hybridized carbons (Fsp3) is 0.364. The van der Waals surface area contributed by atoms with Crippen molar-refractivity contribution in [1.82, 2.24) is 10.2 Å². The van der Waals surface area contributed by atoms with Crippen molar-refractivity contribution < 1.29 is 9.59 Å². The minimum Gasteiger partial charge on any atom is -0.349 e. The summed E-state index contributed by atoms with van der Waals surface area (Å²) in [4.78, 5) is 26.8. The summed E-state index contributed by atoms with van der Waals surface area (Å²) >= 11 is 0. The van der Waals surface area contributed by atoms with Gasteiger partial charge in [-0.1, -0.05) is 35.9 Å². The van der Waals surface area contributed by atoms with Gasteiger partial charge >= 0.3 is 0 Å². The second-order valence-corrected chi connectivity index (χ2v) is 7.26. The first-order valence-electron chi connectivity index (χ1n) is 9.46. The minimum absolute atomic E-state index is 0.000958. The summed E-state index contributed by atoms with van der Waals surface area (Å²) in [6.07, 6.45) is 1.71. The van der Waals surface area contributed by atoms with Crippen LogP contribution in [0.4, 0.5) is 5.69 Å². The predicted octanol–water partition coefficient (Wildman–Crippen LogP) is 3.14. The maximum Gasteiger partial charge on any atom is 0.251 e. The molecule has 2 amide bonds. The van der Waals surface area contributed by atoms with Gasteiger partial charge in [0.2, 0.25) is 5.91 Å². The van der Waals surface area contributed by atoms with Gasteiger partial charge in [0.15, 0.2) is 0 Å². The summed E-state index contributed by atoms with van der Waals surface area (Å²) in [5, 5.41) is 6.06. The van der Waals surface area contributed by atoms with Crippen LogP contribution < -0.4 is 10.6 Å². The molecule has 1 heterocycles. The van der Waals surface area contributed by atoms with Gasteiger partial charge in [-0.2, -0.15) is 0 Å². The molecule has 2 aromatic rings. The number of benzene rings is 2. The van der Waals surface area contributed by atoms with E-state index in [9.17, 15) is 9.59 Å². The van der Waals surface area contributed by atoms with E-state index in [1.54, 1.807) is 0 Å². The standard InChI is InChI=1S/C22H27N3O2/c1-16-8-9-20(17(2)14-16)22(27)24-19-10-12-25(13-11-19)15-21(26)23-18-6-4-3-5-7-18/h3-9,14,19H,10-13,15H2,1-2H3,(H,23,26)(H,24,27). The molecular formula is C22H27N3O2. The maximum absolute atomic E-state index is 12.5. The third kappa shape index (κ3) is 5.41. The van der Waals surface area contributed by atoms with Crippen molar-refractivity contribution >= 4 is 17.5 Å². The number of carbonyl (C=O) groups excluding carboxylic acids is 2. The molecule has 1 aliphatic heterocycles. The highest BCUT2D eigenvalue weighted by atomic mass is 16.2. The Morgan fingerprint density at radius 1 is 1.04 bits per heavy atom. The normalized spacial score (nSPS) is 15.3. The van der Waals surface area contributed by atoms with Gasteiger partial charge < -0.3 is 10.6 Å². The van der Waals surface area contributed by atoms with Crippen molar-refractivity contribution in [1.29, 1.82) is 0 Å². The molecule has 0 saturated carbocycles. The van der Waals surface area contributed by atoms with Crippen LogP contribution in [0.1, 0.15) is 34.3 Å². The fourth-order valence-electron chi connectivity index (χ4n) is 3.49. The van der Waals surface area contributed by atoms with Crippen molar-refractivity contribution in [3.05, 3.63) is 65.2 Å². The van der Waals surface area contributed by atoms with E-state index in [2.05, 4.69) is 15.5 Å². The number of piperidine rings is 1. The number of para-hydroxylation sites is 1. The number of carbonyl (C=O) groups is 2. The van der Waals surface area contributed by atoms with Crippen LogP contribution in [0.2, 0.25) is 0 Å². The number of aryl methyl sites for hydroxylation is 2. The van der Waals surface area contributed by atoms with Gasteiger partial charge in [-0.3, -0.25) is 14.5 Å². The Labute approximate surface area is 160 Å². The zero-order chi connectivity index (χ0) is 19.2. The number of rotatable bonds is 5. The quantitative estimate of drug-likeness (QED) is 0.856. The van der Waals surface area contributed by atoms with Gasteiger partial charge in [-0.05, 0) is 50.5 Å². The summed E-state index contributed by atoms with van der Waals surface area (Å²) in [5.74, 6) is -0.00765. The lowest BCUT2D eigenvalue weighted by molar-refractivity contribution is -0.117. The number of likely N-dealkylation sites (tertiary alicyclic amines) is 1. The molecule has 0 aromatic heterocycles. The first-order valence-corrected chi connectivity index (χ1v) is 9.46. The molecule has 1 aliphatic rings. The smallest absolute Gasteiger partial charge is 0.251 e. The largest absolute Gasteiger partial charge is 0.349 e. The summed E-state index contributed by atoms with van der Waals surface area (Å²) in [7, 11) is 0. The average Bonchev–Trinajstić information content (AvgIpc) is 2.64. The van der Waals surface area contributed by atoms with Crippen LogP contribution in [-0.4, -0.2) is 42.4 Å². The SMILES string of the molecule is Cc1ccc(C(=O)NC2CCN(CC(=O)Nc3ccccc3)CC2)c(C)c1. The van der Waals surface area contributed by atoms with Crippen LogP contribution in [0.25, 0.3) is 0 Å². The van der Waals surface area contributed by atoms with Gasteiger partial charge in [0.1, 0.15) is 0 Å². The molecule has 1 fully saturated rings. The molecule has 142 valence electrons. The van der Waals surface area contributed by atoms with Crippen LogP contribution in [-0.2, 0) is 4.79 Å². The zero-order valence-electron chi connectivity index (χ0n) is 16.0. The van der Waals surface area contributed by atoms with Crippen LogP contribution >= 0.6 is 0 Å². The van der Waals surface area contributed by atoms with E-state index >= 15 is 0 Å². The van der Waals surface area contributed by atoms with E-state index in [4.69, 9.17) is 0 Å². The summed E-state index contributed by atoms with van der Waals surface area (Å²) in [5.41, 5.74) is 3.72. The maximum atomic E-state index is 12.5. The molecule has 0 atom stereocenters. The minimum atomic E-state index is -0.00669. The Kier molecular flexibility index (Phi) is 6.24. The Morgan fingerprint density at radius 3 is 2.41 bits per heavy atom. The van der Waals surface area contributed by atoms with E-state index < -0.39 is 0 Å². The molecule has 0 radical (unpaired) electrons. The highest BCUT2D eigenvalue weighted by molar-refractivity contribution is 5.96. The average molecular weight is 365 g/mol. The van der Waals surface area contributed by atoms with Gasteiger partial charge in [-0.15, -0.1) is 0 Å². The molecule has 0 unspecified atom stereocenters. The summed E-state index contributed by atoms with van der Waals surface area (Å²) in [6, 6.07) is 15.5. The number of nitrogens with zero attached hydrogens (tertiary/aromatic N) is 1. The Balaban J connectivity index is 1.44. The van der Waals surface area contributed by atoms with Crippen LogP contribution in [0.5, 0.6) is 0 Å². The lowest BCUT2D eigenvalue weighted by Crippen LogP contribution is -2.46. The Hall–Kier alpha value is -2.66. The third-order valence-corrected chi connectivity index (χ3v) is 4.97. The fourth-order valence-corrected chi connectivity index (χ4v) is 3.49. The molecule has 2 N–H and O–H groups in total. The van der Waals surface area contributed by atoms with Crippen LogP contribution in [0.15, 0.2) is 48.5 Å². The number of hydrogen-bond acceptors (Lipinski definition) is 3. The predicted molar refractivity (Wildman–Crippen MR) is 108 cm³/mol. The molecule has 0 spiro atoms. The van der Waals surface area contributed by atoms with Crippen LogP contribution in [0.3, 0.4) is 0 Å². The monoisotopic (exact) mass is 365 g/mol. The Morgan fingerprint density at radius 2 is 1.74 bits per heavy atom. The second-order valence-electron chi connectivity index (χ2n) is 7.26. The highest BCUT2D eigenvalue weighted by Gasteiger charge is 2.23. The van der Waals surface area contributed by atoms with Gasteiger partial charge in [-0.25, -0.2) is 0 Å². The molecule has 5 heteroatoms. The van der Waals surface area contributed by atoms with Crippen molar-refractivity contribution in [3.8, 4) is 0 Å². The molecule has 1 saturated heterocycles. The van der Waals surface area contributed by atoms with Crippen molar-refractivity contribution in [2.24, 2.45) is 0 Å². The molecule has 5 nitrogen and oxygen atoms in total. The lowest BCUT2D eigenvalue weighted by atomic mass is 10.0. The van der Waals surface area contributed by atoms with E-state index in [1.807, 2.05) is 62.4 Å². The summed E-state index contributed by atoms with van der Waals surface area (Å²) in [6.45, 7) is 5.99. The number of anilines is 1. The number of nitrogens with one attached hydrogen (secondary N) is 2. The van der Waals surface area contributed by atoms with E-state index in [-0.39, 0.29) is 17.9 Å². The third-order valence-electron chi connectivity index (χ3n) is 4.97. The van der Waals surface area contributed by atoms with E-state index in [1.165, 1.54) is 0 Å². The first kappa shape index (κ1) is 19.1. The summed E-state index contributed by atoms with van der Waals surface area (Å²) < 4.78 is 0. The molecule has 0 aliphatic carbocycles. The molecular weight excluding hydrogens is 338 g/mol. The van der Waals surface area contributed by atoms with Gasteiger partial charge in [0, 0.05) is 30.4 Å². The van der Waals surface area contributed by atoms with Gasteiger partial charge in [0.25, 0.3) is 5.91 Å². The van der Waals surface area contributed by atoms with Crippen molar-refractivity contribution in [2.75, 3.05) is 25.0 Å². The van der Waals surface area contributed by atoms with Crippen molar-refractivity contribution in [2.45, 2.75) is 32.7 Å². The first-order chi connectivity index (χ1) is 13.0. The molecule has 27 heavy (non-hydrogen) atoms. The second kappa shape index (κ2) is 8.82. The zero-order valence-corrected chi connectivity index (χ0v) is 16.0. The number of hydrogen-bond donors (Lipinski definition) is 2.